The molecule has 7 nitrogen and oxygen atoms in total. The lowest BCUT2D eigenvalue weighted by Crippen LogP contribution is -2.36. The zero-order chi connectivity index (χ0) is 24.6. The highest BCUT2D eigenvalue weighted by molar-refractivity contribution is 7.48. The number of phosphoric acid groups is 1. The van der Waals surface area contributed by atoms with Crippen LogP contribution < -0.4 is 0 Å². The predicted molar refractivity (Wildman–Crippen MR) is 130 cm³/mol. The Balaban J connectivity index is 6.11. The molecule has 8 heteroatoms. The van der Waals surface area contributed by atoms with E-state index in [2.05, 4.69) is 20.8 Å². The summed E-state index contributed by atoms with van der Waals surface area (Å²) >= 11 is 0. The van der Waals surface area contributed by atoms with Crippen LogP contribution in [0, 0.1) is 0 Å². The van der Waals surface area contributed by atoms with Gasteiger partial charge in [0.05, 0.1) is 36.6 Å². The van der Waals surface area contributed by atoms with Crippen molar-refractivity contribution in [1.82, 2.24) is 0 Å². The first-order valence-electron chi connectivity index (χ1n) is 12.6. The molecule has 0 saturated heterocycles. The summed E-state index contributed by atoms with van der Waals surface area (Å²) < 4.78 is 49.8. The van der Waals surface area contributed by atoms with Crippen molar-refractivity contribution in [2.45, 2.75) is 136 Å². The SMILES string of the molecule is CCCC(OP(=O)(OC(CCC)C(CC)OC)OC(CCC)C(CC)OC)C(CC)OC. The fourth-order valence-corrected chi connectivity index (χ4v) is 5.96. The van der Waals surface area contributed by atoms with Crippen LogP contribution in [0.3, 0.4) is 0 Å². The molecule has 0 rings (SSSR count). The Hall–Kier alpha value is -0.0100. The van der Waals surface area contributed by atoms with Crippen LogP contribution in [0.1, 0.15) is 99.3 Å². The van der Waals surface area contributed by atoms with E-state index in [0.29, 0.717) is 19.3 Å². The first-order valence-corrected chi connectivity index (χ1v) is 14.0. The smallest absolute Gasteiger partial charge is 0.379 e. The molecule has 0 bridgehead atoms. The van der Waals surface area contributed by atoms with Gasteiger partial charge in [-0.3, -0.25) is 13.6 Å². The first-order chi connectivity index (χ1) is 15.3. The molecule has 0 heterocycles. The lowest BCUT2D eigenvalue weighted by atomic mass is 10.1. The lowest BCUT2D eigenvalue weighted by Gasteiger charge is -2.35. The summed E-state index contributed by atoms with van der Waals surface area (Å²) in [5.74, 6) is 0. The van der Waals surface area contributed by atoms with Crippen molar-refractivity contribution in [3.05, 3.63) is 0 Å². The minimum atomic E-state index is -3.96. The minimum Gasteiger partial charge on any atom is -0.379 e. The second-order valence-corrected chi connectivity index (χ2v) is 9.82. The highest BCUT2D eigenvalue weighted by Crippen LogP contribution is 2.55. The summed E-state index contributed by atoms with van der Waals surface area (Å²) in [5, 5.41) is 0. The maximum Gasteiger partial charge on any atom is 0.475 e. The van der Waals surface area contributed by atoms with Crippen LogP contribution >= 0.6 is 7.82 Å². The summed E-state index contributed by atoms with van der Waals surface area (Å²) in [7, 11) is 1.01. The van der Waals surface area contributed by atoms with Crippen LogP contribution in [0.2, 0.25) is 0 Å². The second-order valence-electron chi connectivity index (χ2n) is 8.29. The predicted octanol–water partition coefficient (Wildman–Crippen LogP) is 6.93. The fraction of sp³-hybridized carbons (Fsp3) is 1.00. The molecule has 0 fully saturated rings. The Labute approximate surface area is 197 Å². The van der Waals surface area contributed by atoms with E-state index in [9.17, 15) is 4.57 Å². The Morgan fingerprint density at radius 2 is 0.750 bits per heavy atom. The van der Waals surface area contributed by atoms with Crippen LogP contribution in [0.4, 0.5) is 0 Å². The van der Waals surface area contributed by atoms with Crippen LogP contribution in [0.15, 0.2) is 0 Å². The van der Waals surface area contributed by atoms with Gasteiger partial charge in [-0.1, -0.05) is 60.8 Å². The zero-order valence-corrected chi connectivity index (χ0v) is 23.0. The van der Waals surface area contributed by atoms with Crippen molar-refractivity contribution in [1.29, 1.82) is 0 Å². The number of phosphoric ester groups is 1. The summed E-state index contributed by atoms with van der Waals surface area (Å²) in [4.78, 5) is 0. The van der Waals surface area contributed by atoms with Gasteiger partial charge in [0.15, 0.2) is 0 Å². The van der Waals surface area contributed by atoms with Crippen molar-refractivity contribution in [3.63, 3.8) is 0 Å². The van der Waals surface area contributed by atoms with Gasteiger partial charge in [-0.2, -0.15) is 0 Å². The molecule has 0 aliphatic rings. The monoisotopic (exact) mass is 482 g/mol. The van der Waals surface area contributed by atoms with Gasteiger partial charge in [0.25, 0.3) is 0 Å². The fourth-order valence-electron chi connectivity index (χ4n) is 4.09. The molecule has 0 aromatic carbocycles. The zero-order valence-electron chi connectivity index (χ0n) is 22.1. The van der Waals surface area contributed by atoms with E-state index in [4.69, 9.17) is 27.8 Å². The molecule has 0 radical (unpaired) electrons. The number of hydrogen-bond donors (Lipinski definition) is 0. The quantitative estimate of drug-likeness (QED) is 0.164. The maximum absolute atomic E-state index is 14.2. The molecule has 0 saturated carbocycles. The minimum absolute atomic E-state index is 0.196. The summed E-state index contributed by atoms with van der Waals surface area (Å²) in [6, 6.07) is 0. The van der Waals surface area contributed by atoms with Crippen molar-refractivity contribution >= 4 is 7.82 Å². The normalized spacial score (nSPS) is 19.7. The summed E-state index contributed by atoms with van der Waals surface area (Å²) in [6.45, 7) is 12.3. The van der Waals surface area contributed by atoms with Crippen LogP contribution in [0.5, 0.6) is 0 Å². The van der Waals surface area contributed by atoms with Gasteiger partial charge in [0.2, 0.25) is 0 Å². The molecule has 0 aliphatic heterocycles. The van der Waals surface area contributed by atoms with Crippen molar-refractivity contribution in [2.75, 3.05) is 21.3 Å². The molecule has 0 aromatic heterocycles. The first kappa shape index (κ1) is 32.0. The second kappa shape index (κ2) is 18.3. The highest BCUT2D eigenvalue weighted by atomic mass is 31.2. The van der Waals surface area contributed by atoms with E-state index >= 15 is 0 Å². The topological polar surface area (TPSA) is 72.5 Å². The van der Waals surface area contributed by atoms with Crippen molar-refractivity contribution < 1.29 is 32.3 Å². The van der Waals surface area contributed by atoms with E-state index in [-0.39, 0.29) is 18.3 Å². The molecule has 0 N–H and O–H groups in total. The van der Waals surface area contributed by atoms with E-state index in [0.717, 1.165) is 38.5 Å². The third-order valence-electron chi connectivity index (χ3n) is 5.87. The Morgan fingerprint density at radius 3 is 0.906 bits per heavy atom. The molecule has 6 atom stereocenters. The molecule has 0 amide bonds. The summed E-state index contributed by atoms with van der Waals surface area (Å²) in [6.07, 6.45) is 5.15. The number of hydrogen-bond acceptors (Lipinski definition) is 7. The Bertz CT molecular complexity index is 412. The van der Waals surface area contributed by atoms with Gasteiger partial charge in [-0.25, -0.2) is 4.57 Å². The highest BCUT2D eigenvalue weighted by Gasteiger charge is 2.41. The molecule has 0 aliphatic carbocycles. The van der Waals surface area contributed by atoms with Crippen LogP contribution in [-0.4, -0.2) is 58.0 Å². The van der Waals surface area contributed by atoms with Crippen molar-refractivity contribution in [3.8, 4) is 0 Å². The molecule has 0 aromatic rings. The Morgan fingerprint density at radius 1 is 0.500 bits per heavy atom. The van der Waals surface area contributed by atoms with Crippen LogP contribution in [-0.2, 0) is 32.3 Å². The van der Waals surface area contributed by atoms with Gasteiger partial charge in [-0.05, 0) is 38.5 Å². The van der Waals surface area contributed by atoms with Crippen LogP contribution in [0.25, 0.3) is 0 Å². The van der Waals surface area contributed by atoms with E-state index in [1.807, 2.05) is 20.8 Å². The van der Waals surface area contributed by atoms with Gasteiger partial charge in [0.1, 0.15) is 0 Å². The molecule has 194 valence electrons. The van der Waals surface area contributed by atoms with Gasteiger partial charge < -0.3 is 14.2 Å². The average Bonchev–Trinajstić information content (AvgIpc) is 2.76. The molecular weight excluding hydrogens is 431 g/mol. The molecule has 32 heavy (non-hydrogen) atoms. The van der Waals surface area contributed by atoms with Gasteiger partial charge in [0, 0.05) is 21.3 Å². The van der Waals surface area contributed by atoms with E-state index < -0.39 is 26.1 Å². The number of methoxy groups -OCH3 is 3. The largest absolute Gasteiger partial charge is 0.475 e. The van der Waals surface area contributed by atoms with Crippen molar-refractivity contribution in [2.24, 2.45) is 0 Å². The van der Waals surface area contributed by atoms with Gasteiger partial charge in [-0.15, -0.1) is 0 Å². The average molecular weight is 483 g/mol. The molecule has 6 unspecified atom stereocenters. The van der Waals surface area contributed by atoms with Gasteiger partial charge >= 0.3 is 7.82 Å². The third kappa shape index (κ3) is 10.9. The molecule has 0 spiro atoms. The number of ether oxygens (including phenoxy) is 3. The molecular formula is C24H51O7P. The number of rotatable bonds is 21. The Kier molecular flexibility index (Phi) is 18.3. The van der Waals surface area contributed by atoms with E-state index in [1.165, 1.54) is 0 Å². The maximum atomic E-state index is 14.2. The third-order valence-corrected chi connectivity index (χ3v) is 7.46. The lowest BCUT2D eigenvalue weighted by molar-refractivity contribution is -0.0776. The summed E-state index contributed by atoms with van der Waals surface area (Å²) in [5.41, 5.74) is 0. The van der Waals surface area contributed by atoms with E-state index in [1.54, 1.807) is 21.3 Å². The standard InChI is InChI=1S/C24H51O7P/c1-10-16-22(19(13-4)26-7)29-32(25,30-23(17-11-2)20(14-5)27-8)31-24(18-12-3)21(15-6)28-9/h19-24H,10-18H2,1-9H3.